The first-order valence-corrected chi connectivity index (χ1v) is 7.79. The summed E-state index contributed by atoms with van der Waals surface area (Å²) in [4.78, 5) is 14.2. The molecular weight excluding hydrogens is 224 g/mol. The van der Waals surface area contributed by atoms with Crippen molar-refractivity contribution in [2.24, 2.45) is 5.73 Å². The zero-order valence-electron chi connectivity index (χ0n) is 12.0. The summed E-state index contributed by atoms with van der Waals surface area (Å²) in [6.45, 7) is 3.79. The first-order chi connectivity index (χ1) is 8.79. The molecule has 1 saturated carbocycles. The van der Waals surface area contributed by atoms with E-state index >= 15 is 0 Å². The van der Waals surface area contributed by atoms with Crippen molar-refractivity contribution in [3.8, 4) is 0 Å². The standard InChI is InChI=1S/C15H30N2O/c1-2-3-4-5-6-7-9-15(18)17(13-8-12-16)14-10-11-14/h14H,2-13,16H2,1H3. The third kappa shape index (κ3) is 6.39. The SMILES string of the molecule is CCCCCCCCC(=O)N(CCCN)C1CC1. The summed E-state index contributed by atoms with van der Waals surface area (Å²) in [7, 11) is 0. The first-order valence-electron chi connectivity index (χ1n) is 7.79. The van der Waals surface area contributed by atoms with Crippen LogP contribution < -0.4 is 5.73 Å². The lowest BCUT2D eigenvalue weighted by molar-refractivity contribution is -0.131. The molecule has 2 N–H and O–H groups in total. The maximum absolute atomic E-state index is 12.1. The molecule has 0 saturated heterocycles. The molecule has 0 aromatic rings. The minimum Gasteiger partial charge on any atom is -0.340 e. The predicted octanol–water partition coefficient (Wildman–Crippen LogP) is 3.08. The summed E-state index contributed by atoms with van der Waals surface area (Å²) >= 11 is 0. The van der Waals surface area contributed by atoms with Crippen molar-refractivity contribution < 1.29 is 4.79 Å². The van der Waals surface area contributed by atoms with Gasteiger partial charge in [0.05, 0.1) is 0 Å². The number of carbonyl (C=O) groups is 1. The van der Waals surface area contributed by atoms with E-state index < -0.39 is 0 Å². The number of amides is 1. The molecule has 0 unspecified atom stereocenters. The number of nitrogens with two attached hydrogens (primary N) is 1. The van der Waals surface area contributed by atoms with Gasteiger partial charge in [-0.3, -0.25) is 4.79 Å². The zero-order chi connectivity index (χ0) is 13.2. The molecule has 0 bridgehead atoms. The smallest absolute Gasteiger partial charge is 0.222 e. The minimum absolute atomic E-state index is 0.362. The Kier molecular flexibility index (Phi) is 8.06. The highest BCUT2D eigenvalue weighted by Crippen LogP contribution is 2.27. The van der Waals surface area contributed by atoms with Crippen LogP contribution >= 0.6 is 0 Å². The van der Waals surface area contributed by atoms with Crippen molar-refractivity contribution in [1.82, 2.24) is 4.90 Å². The molecule has 3 nitrogen and oxygen atoms in total. The van der Waals surface area contributed by atoms with Gasteiger partial charge >= 0.3 is 0 Å². The van der Waals surface area contributed by atoms with Crippen LogP contribution in [0, 0.1) is 0 Å². The van der Waals surface area contributed by atoms with Gasteiger partial charge < -0.3 is 10.6 Å². The van der Waals surface area contributed by atoms with E-state index in [-0.39, 0.29) is 0 Å². The summed E-state index contributed by atoms with van der Waals surface area (Å²) in [5, 5.41) is 0. The Bertz CT molecular complexity index is 227. The summed E-state index contributed by atoms with van der Waals surface area (Å²) in [5.41, 5.74) is 5.53. The fourth-order valence-corrected chi connectivity index (χ4v) is 2.36. The lowest BCUT2D eigenvalue weighted by Gasteiger charge is -2.22. The van der Waals surface area contributed by atoms with Crippen molar-refractivity contribution in [2.75, 3.05) is 13.1 Å². The van der Waals surface area contributed by atoms with Gasteiger partial charge in [-0.05, 0) is 32.2 Å². The van der Waals surface area contributed by atoms with Gasteiger partial charge in [-0.15, -0.1) is 0 Å². The van der Waals surface area contributed by atoms with E-state index in [0.29, 0.717) is 18.5 Å². The number of carbonyl (C=O) groups excluding carboxylic acids is 1. The molecule has 1 rings (SSSR count). The number of rotatable bonds is 11. The average Bonchev–Trinajstić information content (AvgIpc) is 3.18. The van der Waals surface area contributed by atoms with Crippen LogP contribution in [0.15, 0.2) is 0 Å². The normalized spacial score (nSPS) is 14.8. The maximum atomic E-state index is 12.1. The Morgan fingerprint density at radius 3 is 2.39 bits per heavy atom. The highest BCUT2D eigenvalue weighted by Gasteiger charge is 2.31. The highest BCUT2D eigenvalue weighted by molar-refractivity contribution is 5.76. The molecule has 0 aliphatic heterocycles. The van der Waals surface area contributed by atoms with Crippen molar-refractivity contribution in [3.05, 3.63) is 0 Å². The molecule has 1 fully saturated rings. The number of hydrogen-bond acceptors (Lipinski definition) is 2. The van der Waals surface area contributed by atoms with E-state index in [2.05, 4.69) is 11.8 Å². The zero-order valence-corrected chi connectivity index (χ0v) is 12.0. The minimum atomic E-state index is 0.362. The molecule has 1 aliphatic rings. The number of unbranched alkanes of at least 4 members (excludes halogenated alkanes) is 5. The van der Waals surface area contributed by atoms with Crippen LogP contribution in [0.25, 0.3) is 0 Å². The van der Waals surface area contributed by atoms with Crippen molar-refractivity contribution in [2.45, 2.75) is 77.2 Å². The van der Waals surface area contributed by atoms with Gasteiger partial charge in [0.15, 0.2) is 0 Å². The Hall–Kier alpha value is -0.570. The van der Waals surface area contributed by atoms with Crippen LogP contribution in [0.3, 0.4) is 0 Å². The van der Waals surface area contributed by atoms with Gasteiger partial charge in [-0.2, -0.15) is 0 Å². The molecule has 0 heterocycles. The highest BCUT2D eigenvalue weighted by atomic mass is 16.2. The topological polar surface area (TPSA) is 46.3 Å². The summed E-state index contributed by atoms with van der Waals surface area (Å²) in [5.74, 6) is 0.362. The third-order valence-corrected chi connectivity index (χ3v) is 3.66. The quantitative estimate of drug-likeness (QED) is 0.576. The largest absolute Gasteiger partial charge is 0.340 e. The van der Waals surface area contributed by atoms with E-state index in [0.717, 1.165) is 25.8 Å². The fourth-order valence-electron chi connectivity index (χ4n) is 2.36. The molecule has 1 aliphatic carbocycles. The summed E-state index contributed by atoms with van der Waals surface area (Å²) in [6.07, 6.45) is 11.6. The van der Waals surface area contributed by atoms with Crippen LogP contribution in [0.4, 0.5) is 0 Å². The van der Waals surface area contributed by atoms with Crippen molar-refractivity contribution >= 4 is 5.91 Å². The van der Waals surface area contributed by atoms with Crippen LogP contribution in [0.5, 0.6) is 0 Å². The monoisotopic (exact) mass is 254 g/mol. The number of nitrogens with zero attached hydrogens (tertiary/aromatic N) is 1. The molecule has 3 heteroatoms. The van der Waals surface area contributed by atoms with Gasteiger partial charge in [0.2, 0.25) is 5.91 Å². The summed E-state index contributed by atoms with van der Waals surface area (Å²) in [6, 6.07) is 0.546. The average molecular weight is 254 g/mol. The predicted molar refractivity (Wildman–Crippen MR) is 76.4 cm³/mol. The molecule has 1 amide bonds. The Balaban J connectivity index is 2.09. The molecule has 106 valence electrons. The van der Waals surface area contributed by atoms with Gasteiger partial charge in [0, 0.05) is 19.0 Å². The van der Waals surface area contributed by atoms with Crippen LogP contribution in [-0.4, -0.2) is 29.9 Å². The van der Waals surface area contributed by atoms with E-state index in [4.69, 9.17) is 5.73 Å². The van der Waals surface area contributed by atoms with E-state index in [1.807, 2.05) is 0 Å². The van der Waals surface area contributed by atoms with E-state index in [1.165, 1.54) is 44.9 Å². The van der Waals surface area contributed by atoms with Gasteiger partial charge in [0.25, 0.3) is 0 Å². The van der Waals surface area contributed by atoms with Gasteiger partial charge in [0.1, 0.15) is 0 Å². The second kappa shape index (κ2) is 9.37. The third-order valence-electron chi connectivity index (χ3n) is 3.66. The maximum Gasteiger partial charge on any atom is 0.222 e. The molecule has 0 atom stereocenters. The molecule has 0 aromatic carbocycles. The van der Waals surface area contributed by atoms with E-state index in [9.17, 15) is 4.79 Å². The lowest BCUT2D eigenvalue weighted by atomic mass is 10.1. The molecule has 0 aromatic heterocycles. The Morgan fingerprint density at radius 1 is 1.11 bits per heavy atom. The molecule has 0 spiro atoms. The fraction of sp³-hybridized carbons (Fsp3) is 0.933. The molecule has 0 radical (unpaired) electrons. The second-order valence-electron chi connectivity index (χ2n) is 5.48. The van der Waals surface area contributed by atoms with E-state index in [1.54, 1.807) is 0 Å². The molecule has 18 heavy (non-hydrogen) atoms. The number of hydrogen-bond donors (Lipinski definition) is 1. The van der Waals surface area contributed by atoms with Gasteiger partial charge in [-0.1, -0.05) is 39.0 Å². The Labute approximate surface area is 112 Å². The molecular formula is C15H30N2O. The first kappa shape index (κ1) is 15.5. The second-order valence-corrected chi connectivity index (χ2v) is 5.48. The lowest BCUT2D eigenvalue weighted by Crippen LogP contribution is -2.34. The van der Waals surface area contributed by atoms with Gasteiger partial charge in [-0.25, -0.2) is 0 Å². The summed E-state index contributed by atoms with van der Waals surface area (Å²) < 4.78 is 0. The van der Waals surface area contributed by atoms with Crippen molar-refractivity contribution in [3.63, 3.8) is 0 Å². The Morgan fingerprint density at radius 2 is 1.78 bits per heavy atom. The van der Waals surface area contributed by atoms with Crippen LogP contribution in [0.1, 0.15) is 71.1 Å². The van der Waals surface area contributed by atoms with Crippen molar-refractivity contribution in [1.29, 1.82) is 0 Å². The van der Waals surface area contributed by atoms with Crippen LogP contribution in [-0.2, 0) is 4.79 Å². The van der Waals surface area contributed by atoms with Crippen LogP contribution in [0.2, 0.25) is 0 Å².